The number of nitrogens with zero attached hydrogens (tertiary/aromatic N) is 1. The fraction of sp³-hybridized carbons (Fsp3) is 0.333. The summed E-state index contributed by atoms with van der Waals surface area (Å²) in [7, 11) is 4.04. The largest absolute Gasteiger partial charge is 0.377 e. The van der Waals surface area contributed by atoms with Crippen molar-refractivity contribution in [1.82, 2.24) is 0 Å². The molecule has 0 aromatic heterocycles. The summed E-state index contributed by atoms with van der Waals surface area (Å²) in [5.74, 6) is 0. The summed E-state index contributed by atoms with van der Waals surface area (Å²) in [6, 6.07) is 9.37. The van der Waals surface area contributed by atoms with Crippen molar-refractivity contribution in [2.45, 2.75) is 6.92 Å². The normalized spacial score (nSPS) is 9.50. The van der Waals surface area contributed by atoms with E-state index in [1.54, 1.807) is 0 Å². The van der Waals surface area contributed by atoms with E-state index >= 15 is 0 Å². The Bertz CT molecular complexity index is 216. The monoisotopic (exact) mass is 134 g/mol. The summed E-state index contributed by atoms with van der Waals surface area (Å²) in [6.45, 7) is 2.05. The first-order chi connectivity index (χ1) is 4.70. The average Bonchev–Trinajstić information content (AvgIpc) is 1.88. The van der Waals surface area contributed by atoms with Crippen molar-refractivity contribution in [2.75, 3.05) is 19.0 Å². The maximum atomic E-state index is 3.23. The topological polar surface area (TPSA) is 3.24 Å². The van der Waals surface area contributed by atoms with E-state index in [0.717, 1.165) is 5.69 Å². The highest BCUT2D eigenvalue weighted by Gasteiger charge is 1.92. The van der Waals surface area contributed by atoms with Gasteiger partial charge in [-0.25, -0.2) is 0 Å². The van der Waals surface area contributed by atoms with Gasteiger partial charge in [-0.15, -0.1) is 0 Å². The van der Waals surface area contributed by atoms with Gasteiger partial charge < -0.3 is 4.90 Å². The highest BCUT2D eigenvalue weighted by atomic mass is 15.1. The van der Waals surface area contributed by atoms with Crippen molar-refractivity contribution in [3.8, 4) is 0 Å². The maximum Gasteiger partial charge on any atom is 0.0444 e. The molecule has 0 aliphatic heterocycles. The average molecular weight is 134 g/mol. The molecule has 1 radical (unpaired) electrons. The van der Waals surface area contributed by atoms with Gasteiger partial charge >= 0.3 is 0 Å². The van der Waals surface area contributed by atoms with Crippen LogP contribution in [-0.4, -0.2) is 14.1 Å². The number of anilines is 1. The van der Waals surface area contributed by atoms with E-state index in [9.17, 15) is 0 Å². The smallest absolute Gasteiger partial charge is 0.0444 e. The molecule has 0 aliphatic rings. The molecule has 0 fully saturated rings. The highest BCUT2D eigenvalue weighted by Crippen LogP contribution is 2.10. The third-order valence-corrected chi connectivity index (χ3v) is 1.41. The second kappa shape index (κ2) is 2.74. The van der Waals surface area contributed by atoms with Gasteiger partial charge in [0.15, 0.2) is 0 Å². The van der Waals surface area contributed by atoms with Crippen LogP contribution < -0.4 is 4.90 Å². The second-order valence-corrected chi connectivity index (χ2v) is 2.61. The summed E-state index contributed by atoms with van der Waals surface area (Å²) in [5.41, 5.74) is 2.33. The molecule has 0 spiro atoms. The van der Waals surface area contributed by atoms with Crippen LogP contribution in [0.4, 0.5) is 5.69 Å². The number of hydrogen-bond donors (Lipinski definition) is 0. The summed E-state index contributed by atoms with van der Waals surface area (Å²) in [4.78, 5) is 2.05. The zero-order valence-electron chi connectivity index (χ0n) is 6.68. The molecule has 0 atom stereocenters. The molecule has 0 aliphatic carbocycles. The van der Waals surface area contributed by atoms with Gasteiger partial charge in [0, 0.05) is 25.8 Å². The standard InChI is InChI=1S/C9H12N/c1-8-5-4-6-9(7-8)10(2)3/h4-6H,1-3H3. The first kappa shape index (κ1) is 7.13. The molecule has 0 unspecified atom stereocenters. The van der Waals surface area contributed by atoms with E-state index in [0.29, 0.717) is 0 Å². The third-order valence-electron chi connectivity index (χ3n) is 1.41. The Balaban J connectivity index is 2.96. The number of rotatable bonds is 1. The van der Waals surface area contributed by atoms with E-state index in [1.807, 2.05) is 44.1 Å². The van der Waals surface area contributed by atoms with E-state index < -0.39 is 0 Å². The quantitative estimate of drug-likeness (QED) is 0.566. The van der Waals surface area contributed by atoms with Crippen molar-refractivity contribution < 1.29 is 0 Å². The molecular weight excluding hydrogens is 122 g/mol. The second-order valence-electron chi connectivity index (χ2n) is 2.61. The van der Waals surface area contributed by atoms with Gasteiger partial charge in [0.2, 0.25) is 0 Å². The fourth-order valence-corrected chi connectivity index (χ4v) is 0.830. The summed E-state index contributed by atoms with van der Waals surface area (Å²) >= 11 is 0. The molecule has 1 heteroatoms. The summed E-state index contributed by atoms with van der Waals surface area (Å²) in [6.07, 6.45) is 0. The van der Waals surface area contributed by atoms with Crippen molar-refractivity contribution >= 4 is 5.69 Å². The molecule has 0 heterocycles. The number of hydrogen-bond acceptors (Lipinski definition) is 1. The Labute approximate surface area is 62.3 Å². The zero-order chi connectivity index (χ0) is 7.56. The van der Waals surface area contributed by atoms with Gasteiger partial charge in [0.1, 0.15) is 0 Å². The van der Waals surface area contributed by atoms with Crippen LogP contribution in [0.5, 0.6) is 0 Å². The van der Waals surface area contributed by atoms with Crippen LogP contribution in [0.1, 0.15) is 5.56 Å². The van der Waals surface area contributed by atoms with Crippen LogP contribution in [0.25, 0.3) is 0 Å². The molecule has 53 valence electrons. The minimum absolute atomic E-state index is 1.14. The Morgan fingerprint density at radius 3 is 2.40 bits per heavy atom. The summed E-state index contributed by atoms with van der Waals surface area (Å²) in [5, 5.41) is 0. The van der Waals surface area contributed by atoms with E-state index in [-0.39, 0.29) is 0 Å². The van der Waals surface area contributed by atoms with Gasteiger partial charge in [-0.05, 0) is 18.6 Å². The molecule has 0 N–H and O–H groups in total. The first-order valence-corrected chi connectivity index (χ1v) is 3.36. The lowest BCUT2D eigenvalue weighted by Gasteiger charge is -2.11. The molecule has 10 heavy (non-hydrogen) atoms. The molecule has 0 amide bonds. The lowest BCUT2D eigenvalue weighted by atomic mass is 10.2. The first-order valence-electron chi connectivity index (χ1n) is 3.36. The van der Waals surface area contributed by atoms with E-state index in [1.165, 1.54) is 5.56 Å². The molecular formula is C9H12N. The zero-order valence-corrected chi connectivity index (χ0v) is 6.68. The van der Waals surface area contributed by atoms with Gasteiger partial charge in [-0.3, -0.25) is 0 Å². The number of aryl methyl sites for hydroxylation is 1. The van der Waals surface area contributed by atoms with E-state index in [2.05, 4.69) is 6.07 Å². The van der Waals surface area contributed by atoms with Crippen LogP contribution in [0.3, 0.4) is 0 Å². The van der Waals surface area contributed by atoms with Crippen LogP contribution in [0.2, 0.25) is 0 Å². The van der Waals surface area contributed by atoms with Crippen LogP contribution in [-0.2, 0) is 0 Å². The van der Waals surface area contributed by atoms with Crippen molar-refractivity contribution in [3.05, 3.63) is 29.8 Å². The Morgan fingerprint density at radius 2 is 2.00 bits per heavy atom. The van der Waals surface area contributed by atoms with Crippen LogP contribution in [0.15, 0.2) is 18.2 Å². The Hall–Kier alpha value is -0.980. The molecule has 1 aromatic carbocycles. The minimum atomic E-state index is 1.14. The predicted molar refractivity (Wildman–Crippen MR) is 44.3 cm³/mol. The van der Waals surface area contributed by atoms with Gasteiger partial charge in [0.05, 0.1) is 0 Å². The molecule has 1 rings (SSSR count). The maximum absolute atomic E-state index is 3.23. The lowest BCUT2D eigenvalue weighted by molar-refractivity contribution is 1.12. The highest BCUT2D eigenvalue weighted by molar-refractivity contribution is 5.45. The molecule has 1 aromatic rings. The fourth-order valence-electron chi connectivity index (χ4n) is 0.830. The summed E-state index contributed by atoms with van der Waals surface area (Å²) < 4.78 is 0. The molecule has 0 saturated heterocycles. The molecule has 0 saturated carbocycles. The van der Waals surface area contributed by atoms with Gasteiger partial charge in [-0.2, -0.15) is 0 Å². The Kier molecular flexibility index (Phi) is 1.95. The Morgan fingerprint density at radius 1 is 1.30 bits per heavy atom. The lowest BCUT2D eigenvalue weighted by Crippen LogP contribution is -2.08. The van der Waals surface area contributed by atoms with Crippen molar-refractivity contribution in [1.29, 1.82) is 0 Å². The van der Waals surface area contributed by atoms with E-state index in [4.69, 9.17) is 0 Å². The number of benzene rings is 1. The van der Waals surface area contributed by atoms with Crippen LogP contribution in [0, 0.1) is 13.0 Å². The minimum Gasteiger partial charge on any atom is -0.377 e. The van der Waals surface area contributed by atoms with Crippen molar-refractivity contribution in [2.24, 2.45) is 0 Å². The third kappa shape index (κ3) is 1.50. The van der Waals surface area contributed by atoms with Crippen molar-refractivity contribution in [3.63, 3.8) is 0 Å². The van der Waals surface area contributed by atoms with Gasteiger partial charge in [-0.1, -0.05) is 12.1 Å². The van der Waals surface area contributed by atoms with Crippen LogP contribution >= 0.6 is 0 Å². The molecule has 1 nitrogen and oxygen atoms in total. The SMILES string of the molecule is Cc1[c]c(N(C)C)ccc1. The molecule has 0 bridgehead atoms. The predicted octanol–water partition coefficient (Wildman–Crippen LogP) is 1.86. The van der Waals surface area contributed by atoms with Gasteiger partial charge in [0.25, 0.3) is 0 Å².